The Balaban J connectivity index is 2.77. The van der Waals surface area contributed by atoms with Gasteiger partial charge in [-0.25, -0.2) is 18.1 Å². The van der Waals surface area contributed by atoms with E-state index in [0.717, 1.165) is 6.07 Å². The van der Waals surface area contributed by atoms with E-state index in [1.165, 1.54) is 13.2 Å². The van der Waals surface area contributed by atoms with Gasteiger partial charge in [-0.15, -0.1) is 0 Å². The van der Waals surface area contributed by atoms with Gasteiger partial charge in [0.05, 0.1) is 15.7 Å². The average molecular weight is 295 g/mol. The SMILES string of the molecule is CNS(=O)(=O)CCNc1ncc(Cl)cc1[N+](=O)[O-]. The number of nitrogens with zero attached hydrogens (tertiary/aromatic N) is 2. The maximum absolute atomic E-state index is 11.1. The maximum atomic E-state index is 11.1. The Kier molecular flexibility index (Phi) is 4.82. The second-order valence-electron chi connectivity index (χ2n) is 3.23. The lowest BCUT2D eigenvalue weighted by Crippen LogP contribution is -2.26. The summed E-state index contributed by atoms with van der Waals surface area (Å²) in [5.74, 6) is -0.235. The standard InChI is InChI=1S/C8H11ClN4O4S/c1-10-18(16,17)3-2-11-8-7(13(14)15)4-6(9)5-12-8/h4-5,10H,2-3H2,1H3,(H,11,12). The van der Waals surface area contributed by atoms with Crippen molar-refractivity contribution in [3.8, 4) is 0 Å². The van der Waals surface area contributed by atoms with Crippen LogP contribution in [0.2, 0.25) is 5.02 Å². The van der Waals surface area contributed by atoms with Gasteiger partial charge in [0.2, 0.25) is 15.8 Å². The van der Waals surface area contributed by atoms with Gasteiger partial charge in [0.25, 0.3) is 0 Å². The van der Waals surface area contributed by atoms with Gasteiger partial charge < -0.3 is 5.32 Å². The first-order valence-electron chi connectivity index (χ1n) is 4.81. The van der Waals surface area contributed by atoms with Crippen molar-refractivity contribution in [1.29, 1.82) is 0 Å². The van der Waals surface area contributed by atoms with Crippen LogP contribution in [0.25, 0.3) is 0 Å². The summed E-state index contributed by atoms with van der Waals surface area (Å²) in [7, 11) is -2.08. The van der Waals surface area contributed by atoms with Crippen molar-refractivity contribution in [2.75, 3.05) is 24.7 Å². The summed E-state index contributed by atoms with van der Waals surface area (Å²) in [5, 5.41) is 13.4. The van der Waals surface area contributed by atoms with Crippen molar-refractivity contribution in [2.45, 2.75) is 0 Å². The predicted molar refractivity (Wildman–Crippen MR) is 67.2 cm³/mol. The van der Waals surface area contributed by atoms with E-state index in [4.69, 9.17) is 11.6 Å². The molecule has 0 spiro atoms. The van der Waals surface area contributed by atoms with Gasteiger partial charge >= 0.3 is 5.69 Å². The van der Waals surface area contributed by atoms with E-state index in [1.54, 1.807) is 0 Å². The second-order valence-corrected chi connectivity index (χ2v) is 5.71. The summed E-state index contributed by atoms with van der Waals surface area (Å²) in [4.78, 5) is 13.8. The van der Waals surface area contributed by atoms with E-state index < -0.39 is 14.9 Å². The number of anilines is 1. The molecular weight excluding hydrogens is 284 g/mol. The fourth-order valence-corrected chi connectivity index (χ4v) is 1.84. The number of aromatic nitrogens is 1. The van der Waals surface area contributed by atoms with Crippen LogP contribution in [0.5, 0.6) is 0 Å². The number of sulfonamides is 1. The molecule has 0 saturated heterocycles. The van der Waals surface area contributed by atoms with Crippen LogP contribution in [0.15, 0.2) is 12.3 Å². The van der Waals surface area contributed by atoms with Crippen molar-refractivity contribution < 1.29 is 13.3 Å². The van der Waals surface area contributed by atoms with Gasteiger partial charge in [0.1, 0.15) is 0 Å². The molecule has 1 aromatic heterocycles. The summed E-state index contributed by atoms with van der Waals surface area (Å²) < 4.78 is 24.4. The lowest BCUT2D eigenvalue weighted by atomic mass is 10.4. The van der Waals surface area contributed by atoms with Crippen LogP contribution in [-0.2, 0) is 10.0 Å². The van der Waals surface area contributed by atoms with Gasteiger partial charge in [-0.1, -0.05) is 11.6 Å². The molecule has 1 rings (SSSR count). The lowest BCUT2D eigenvalue weighted by molar-refractivity contribution is -0.384. The Morgan fingerprint density at radius 1 is 1.56 bits per heavy atom. The van der Waals surface area contributed by atoms with Crippen molar-refractivity contribution in [2.24, 2.45) is 0 Å². The zero-order chi connectivity index (χ0) is 13.8. The molecule has 0 unspecified atom stereocenters. The quantitative estimate of drug-likeness (QED) is 0.586. The number of nitrogens with one attached hydrogen (secondary N) is 2. The molecule has 0 saturated carbocycles. The molecule has 0 fully saturated rings. The minimum atomic E-state index is -3.37. The molecule has 0 bridgehead atoms. The largest absolute Gasteiger partial charge is 0.363 e. The number of rotatable bonds is 6. The Morgan fingerprint density at radius 3 is 2.78 bits per heavy atom. The third kappa shape index (κ3) is 4.09. The first-order valence-corrected chi connectivity index (χ1v) is 6.84. The summed E-state index contributed by atoms with van der Waals surface area (Å²) in [6.07, 6.45) is 1.24. The summed E-state index contributed by atoms with van der Waals surface area (Å²) in [6.45, 7) is -0.00134. The minimum absolute atomic E-state index is 0.00134. The number of hydrogen-bond donors (Lipinski definition) is 2. The minimum Gasteiger partial charge on any atom is -0.363 e. The Labute approximate surface area is 109 Å². The molecule has 0 aliphatic carbocycles. The number of hydrogen-bond acceptors (Lipinski definition) is 6. The van der Waals surface area contributed by atoms with Gasteiger partial charge in [0.15, 0.2) is 0 Å². The van der Waals surface area contributed by atoms with Crippen molar-refractivity contribution >= 4 is 33.1 Å². The molecule has 10 heteroatoms. The summed E-state index contributed by atoms with van der Waals surface area (Å²) in [6, 6.07) is 1.14. The van der Waals surface area contributed by atoms with Crippen LogP contribution in [0.4, 0.5) is 11.5 Å². The van der Waals surface area contributed by atoms with E-state index in [9.17, 15) is 18.5 Å². The Bertz CT molecular complexity index is 548. The molecule has 1 heterocycles. The van der Waals surface area contributed by atoms with E-state index >= 15 is 0 Å². The zero-order valence-corrected chi connectivity index (χ0v) is 11.0. The summed E-state index contributed by atoms with van der Waals surface area (Å²) >= 11 is 5.59. The molecule has 18 heavy (non-hydrogen) atoms. The summed E-state index contributed by atoms with van der Waals surface area (Å²) in [5.41, 5.74) is -0.302. The van der Waals surface area contributed by atoms with Gasteiger partial charge in [-0.3, -0.25) is 10.1 Å². The highest BCUT2D eigenvalue weighted by Gasteiger charge is 2.16. The van der Waals surface area contributed by atoms with Gasteiger partial charge in [-0.05, 0) is 7.05 Å². The zero-order valence-electron chi connectivity index (χ0n) is 9.38. The van der Waals surface area contributed by atoms with E-state index in [1.807, 2.05) is 0 Å². The van der Waals surface area contributed by atoms with E-state index in [2.05, 4.69) is 15.0 Å². The van der Waals surface area contributed by atoms with Crippen LogP contribution in [0.1, 0.15) is 0 Å². The highest BCUT2D eigenvalue weighted by atomic mass is 35.5. The van der Waals surface area contributed by atoms with E-state index in [-0.39, 0.29) is 28.8 Å². The molecule has 0 aliphatic rings. The van der Waals surface area contributed by atoms with Crippen molar-refractivity contribution in [3.63, 3.8) is 0 Å². The molecule has 100 valence electrons. The Morgan fingerprint density at radius 2 is 2.22 bits per heavy atom. The molecule has 2 N–H and O–H groups in total. The Hall–Kier alpha value is -1.45. The van der Waals surface area contributed by atoms with E-state index in [0.29, 0.717) is 0 Å². The average Bonchev–Trinajstić information content (AvgIpc) is 2.30. The molecule has 0 aromatic carbocycles. The number of halogens is 1. The normalized spacial score (nSPS) is 11.2. The molecule has 0 atom stereocenters. The number of nitro groups is 1. The van der Waals surface area contributed by atoms with Crippen LogP contribution >= 0.6 is 11.6 Å². The van der Waals surface area contributed by atoms with Crippen LogP contribution < -0.4 is 10.0 Å². The maximum Gasteiger partial charge on any atom is 0.312 e. The fraction of sp³-hybridized carbons (Fsp3) is 0.375. The molecule has 0 aliphatic heterocycles. The van der Waals surface area contributed by atoms with Crippen LogP contribution in [0.3, 0.4) is 0 Å². The molecule has 0 amide bonds. The van der Waals surface area contributed by atoms with Crippen LogP contribution in [-0.4, -0.2) is 37.7 Å². The molecular formula is C8H11ClN4O4S. The predicted octanol–water partition coefficient (Wildman–Crippen LogP) is 0.604. The second kappa shape index (κ2) is 5.94. The van der Waals surface area contributed by atoms with Crippen LogP contribution in [0, 0.1) is 10.1 Å². The molecule has 1 aromatic rings. The lowest BCUT2D eigenvalue weighted by Gasteiger charge is -2.06. The number of pyridine rings is 1. The molecule has 0 radical (unpaired) electrons. The topological polar surface area (TPSA) is 114 Å². The third-order valence-corrected chi connectivity index (χ3v) is 3.58. The van der Waals surface area contributed by atoms with Crippen molar-refractivity contribution in [1.82, 2.24) is 9.71 Å². The molecule has 8 nitrogen and oxygen atoms in total. The van der Waals surface area contributed by atoms with Gasteiger partial charge in [0, 0.05) is 18.8 Å². The van der Waals surface area contributed by atoms with Gasteiger partial charge in [-0.2, -0.15) is 0 Å². The fourth-order valence-electron chi connectivity index (χ4n) is 1.11. The third-order valence-electron chi connectivity index (χ3n) is 2.01. The smallest absolute Gasteiger partial charge is 0.312 e. The first-order chi connectivity index (χ1) is 8.35. The van der Waals surface area contributed by atoms with Crippen molar-refractivity contribution in [3.05, 3.63) is 27.4 Å². The highest BCUT2D eigenvalue weighted by Crippen LogP contribution is 2.24. The monoisotopic (exact) mass is 294 g/mol. The first kappa shape index (κ1) is 14.6. The highest BCUT2D eigenvalue weighted by molar-refractivity contribution is 7.89.